The minimum absolute atomic E-state index is 0.0197. The van der Waals surface area contributed by atoms with Crippen LogP contribution in [0.2, 0.25) is 0 Å². The molecule has 1 saturated heterocycles. The fourth-order valence-corrected chi connectivity index (χ4v) is 3.38. The van der Waals surface area contributed by atoms with Gasteiger partial charge in [-0.2, -0.15) is 0 Å². The monoisotopic (exact) mass is 366 g/mol. The average molecular weight is 367 g/mol. The molecule has 5 heteroatoms. The molecule has 1 fully saturated rings. The van der Waals surface area contributed by atoms with Gasteiger partial charge in [0.25, 0.3) is 0 Å². The minimum atomic E-state index is 0.0197. The Morgan fingerprint density at radius 2 is 1.89 bits per heavy atom. The Morgan fingerprint density at radius 1 is 1.19 bits per heavy atom. The predicted molar refractivity (Wildman–Crippen MR) is 110 cm³/mol. The number of carbonyl (C=O) groups is 1. The largest absolute Gasteiger partial charge is 0.356 e. The molecular weight excluding hydrogens is 336 g/mol. The number of carbonyl (C=O) groups excluding carboxylic acids is 1. The maximum absolute atomic E-state index is 12.4. The number of rotatable bonds is 6. The molecule has 1 aliphatic rings. The molecule has 1 aromatic heterocycles. The quantitative estimate of drug-likeness (QED) is 0.844. The summed E-state index contributed by atoms with van der Waals surface area (Å²) in [7, 11) is 0. The van der Waals surface area contributed by atoms with Gasteiger partial charge in [0, 0.05) is 37.6 Å². The molecular formula is C22H30N4O. The van der Waals surface area contributed by atoms with Crippen molar-refractivity contribution in [1.82, 2.24) is 15.3 Å². The smallest absolute Gasteiger partial charge is 0.225 e. The summed E-state index contributed by atoms with van der Waals surface area (Å²) >= 11 is 0. The normalized spacial score (nSPS) is 17.2. The first kappa shape index (κ1) is 19.3. The molecule has 1 unspecified atom stereocenters. The highest BCUT2D eigenvalue weighted by atomic mass is 16.1. The van der Waals surface area contributed by atoms with E-state index in [0.29, 0.717) is 18.4 Å². The number of hydrogen-bond acceptors (Lipinski definition) is 4. The molecule has 1 amide bonds. The van der Waals surface area contributed by atoms with E-state index in [4.69, 9.17) is 0 Å². The Bertz CT molecular complexity index is 740. The topological polar surface area (TPSA) is 58.1 Å². The Hall–Kier alpha value is -2.43. The Balaban J connectivity index is 1.60. The van der Waals surface area contributed by atoms with Crippen molar-refractivity contribution in [2.24, 2.45) is 11.8 Å². The standard InChI is InChI=1S/C22H30N4O/c1-16(2)10-11-23-21(27)19-5-4-12-26(15-19)22-24-13-20(14-25-22)18-8-6-17(3)7-9-18/h6-9,13-14,16,19H,4-5,10-12,15H2,1-3H3,(H,23,27). The Kier molecular flexibility index (Phi) is 6.43. The summed E-state index contributed by atoms with van der Waals surface area (Å²) < 4.78 is 0. The molecule has 1 aromatic carbocycles. The zero-order valence-electron chi connectivity index (χ0n) is 16.6. The van der Waals surface area contributed by atoms with Gasteiger partial charge in [0.05, 0.1) is 5.92 Å². The van der Waals surface area contributed by atoms with E-state index in [1.165, 1.54) is 5.56 Å². The van der Waals surface area contributed by atoms with Crippen molar-refractivity contribution in [2.75, 3.05) is 24.5 Å². The highest BCUT2D eigenvalue weighted by molar-refractivity contribution is 5.79. The third-order valence-electron chi connectivity index (χ3n) is 5.12. The summed E-state index contributed by atoms with van der Waals surface area (Å²) in [6.07, 6.45) is 6.70. The van der Waals surface area contributed by atoms with Crippen LogP contribution in [0.1, 0.15) is 38.7 Å². The molecule has 3 rings (SSSR count). The minimum Gasteiger partial charge on any atom is -0.356 e. The van der Waals surface area contributed by atoms with E-state index in [9.17, 15) is 4.79 Å². The van der Waals surface area contributed by atoms with E-state index in [1.807, 2.05) is 12.4 Å². The molecule has 1 aliphatic heterocycles. The van der Waals surface area contributed by atoms with Gasteiger partial charge >= 0.3 is 0 Å². The van der Waals surface area contributed by atoms with Crippen molar-refractivity contribution < 1.29 is 4.79 Å². The molecule has 5 nitrogen and oxygen atoms in total. The number of nitrogens with one attached hydrogen (secondary N) is 1. The van der Waals surface area contributed by atoms with Gasteiger partial charge in [-0.1, -0.05) is 43.7 Å². The maximum atomic E-state index is 12.4. The SMILES string of the molecule is Cc1ccc(-c2cnc(N3CCCC(C(=O)NCCC(C)C)C3)nc2)cc1. The van der Waals surface area contributed by atoms with Crippen LogP contribution in [0.3, 0.4) is 0 Å². The van der Waals surface area contributed by atoms with Gasteiger partial charge in [0.2, 0.25) is 11.9 Å². The Morgan fingerprint density at radius 3 is 2.56 bits per heavy atom. The first-order valence-electron chi connectivity index (χ1n) is 9.94. The maximum Gasteiger partial charge on any atom is 0.225 e. The number of aryl methyl sites for hydroxylation is 1. The molecule has 0 aliphatic carbocycles. The van der Waals surface area contributed by atoms with E-state index in [0.717, 1.165) is 43.5 Å². The van der Waals surface area contributed by atoms with Gasteiger partial charge in [0.1, 0.15) is 0 Å². The fourth-order valence-electron chi connectivity index (χ4n) is 3.38. The van der Waals surface area contributed by atoms with E-state index >= 15 is 0 Å². The summed E-state index contributed by atoms with van der Waals surface area (Å²) in [5.74, 6) is 1.50. The van der Waals surface area contributed by atoms with Gasteiger partial charge in [-0.15, -0.1) is 0 Å². The van der Waals surface area contributed by atoms with Crippen molar-refractivity contribution in [3.8, 4) is 11.1 Å². The zero-order chi connectivity index (χ0) is 19.2. The summed E-state index contributed by atoms with van der Waals surface area (Å²) in [5, 5.41) is 3.08. The third kappa shape index (κ3) is 5.28. The lowest BCUT2D eigenvalue weighted by molar-refractivity contribution is -0.125. The van der Waals surface area contributed by atoms with E-state index < -0.39 is 0 Å². The van der Waals surface area contributed by atoms with Crippen LogP contribution in [-0.4, -0.2) is 35.5 Å². The molecule has 0 radical (unpaired) electrons. The van der Waals surface area contributed by atoms with E-state index in [-0.39, 0.29) is 11.8 Å². The summed E-state index contributed by atoms with van der Waals surface area (Å²) in [4.78, 5) is 23.7. The number of hydrogen-bond donors (Lipinski definition) is 1. The van der Waals surface area contributed by atoms with Crippen molar-refractivity contribution in [3.05, 3.63) is 42.2 Å². The second kappa shape index (κ2) is 8.98. The summed E-state index contributed by atoms with van der Waals surface area (Å²) in [5.41, 5.74) is 3.37. The molecule has 2 aromatic rings. The molecule has 1 N–H and O–H groups in total. The average Bonchev–Trinajstić information content (AvgIpc) is 2.68. The third-order valence-corrected chi connectivity index (χ3v) is 5.12. The lowest BCUT2D eigenvalue weighted by Crippen LogP contribution is -2.44. The van der Waals surface area contributed by atoms with Crippen molar-refractivity contribution >= 4 is 11.9 Å². The molecule has 0 bridgehead atoms. The van der Waals surface area contributed by atoms with Crippen molar-refractivity contribution in [1.29, 1.82) is 0 Å². The van der Waals surface area contributed by atoms with E-state index in [1.54, 1.807) is 0 Å². The van der Waals surface area contributed by atoms with Crippen LogP contribution in [0, 0.1) is 18.8 Å². The number of nitrogens with zero attached hydrogens (tertiary/aromatic N) is 3. The van der Waals surface area contributed by atoms with Gasteiger partial charge < -0.3 is 10.2 Å². The summed E-state index contributed by atoms with van der Waals surface area (Å²) in [6, 6.07) is 8.37. The zero-order valence-corrected chi connectivity index (χ0v) is 16.6. The number of benzene rings is 1. The molecule has 27 heavy (non-hydrogen) atoms. The number of aromatic nitrogens is 2. The molecule has 0 spiro atoms. The molecule has 2 heterocycles. The van der Waals surface area contributed by atoms with E-state index in [2.05, 4.69) is 65.2 Å². The number of anilines is 1. The van der Waals surface area contributed by atoms with Gasteiger partial charge in [-0.3, -0.25) is 4.79 Å². The first-order chi connectivity index (χ1) is 13.0. The molecule has 0 saturated carbocycles. The van der Waals surface area contributed by atoms with Gasteiger partial charge in [-0.05, 0) is 37.7 Å². The first-order valence-corrected chi connectivity index (χ1v) is 9.94. The fraction of sp³-hybridized carbons (Fsp3) is 0.500. The highest BCUT2D eigenvalue weighted by Crippen LogP contribution is 2.23. The van der Waals surface area contributed by atoms with Gasteiger partial charge in [-0.25, -0.2) is 9.97 Å². The van der Waals surface area contributed by atoms with Crippen LogP contribution in [0.4, 0.5) is 5.95 Å². The lowest BCUT2D eigenvalue weighted by Gasteiger charge is -2.32. The van der Waals surface area contributed by atoms with Crippen LogP contribution < -0.4 is 10.2 Å². The molecule has 144 valence electrons. The molecule has 1 atom stereocenters. The van der Waals surface area contributed by atoms with Crippen molar-refractivity contribution in [3.63, 3.8) is 0 Å². The van der Waals surface area contributed by atoms with Crippen LogP contribution in [-0.2, 0) is 4.79 Å². The lowest BCUT2D eigenvalue weighted by atomic mass is 9.97. The number of amides is 1. The van der Waals surface area contributed by atoms with Crippen LogP contribution in [0.25, 0.3) is 11.1 Å². The highest BCUT2D eigenvalue weighted by Gasteiger charge is 2.26. The summed E-state index contributed by atoms with van der Waals surface area (Å²) in [6.45, 7) is 8.78. The van der Waals surface area contributed by atoms with Crippen molar-refractivity contribution in [2.45, 2.75) is 40.0 Å². The van der Waals surface area contributed by atoms with Crippen LogP contribution in [0.5, 0.6) is 0 Å². The second-order valence-corrected chi connectivity index (χ2v) is 7.90. The van der Waals surface area contributed by atoms with Gasteiger partial charge in [0.15, 0.2) is 0 Å². The van der Waals surface area contributed by atoms with Crippen LogP contribution >= 0.6 is 0 Å². The Labute approximate surface area is 162 Å². The predicted octanol–water partition coefficient (Wildman–Crippen LogP) is 3.83. The number of piperidine rings is 1. The van der Waals surface area contributed by atoms with Crippen LogP contribution in [0.15, 0.2) is 36.7 Å². The second-order valence-electron chi connectivity index (χ2n) is 7.90.